The van der Waals surface area contributed by atoms with Gasteiger partial charge in [-0.25, -0.2) is 4.68 Å². The highest BCUT2D eigenvalue weighted by Crippen LogP contribution is 2.10. The van der Waals surface area contributed by atoms with Crippen LogP contribution in [-0.2, 0) is 0 Å². The van der Waals surface area contributed by atoms with Gasteiger partial charge in [-0.2, -0.15) is 20.1 Å². The highest BCUT2D eigenvalue weighted by atomic mass is 16.3. The van der Waals surface area contributed by atoms with Crippen LogP contribution in [0.3, 0.4) is 0 Å². The number of aromatic nitrogens is 5. The van der Waals surface area contributed by atoms with E-state index in [1.807, 2.05) is 11.9 Å². The minimum Gasteiger partial charge on any atom is -0.393 e. The molecule has 2 aromatic rings. The molecule has 1 atom stereocenters. The molecule has 0 amide bonds. The first-order valence-corrected chi connectivity index (χ1v) is 5.97. The van der Waals surface area contributed by atoms with E-state index < -0.39 is 0 Å². The summed E-state index contributed by atoms with van der Waals surface area (Å²) >= 11 is 0. The zero-order valence-electron chi connectivity index (χ0n) is 10.9. The van der Waals surface area contributed by atoms with Crippen molar-refractivity contribution in [3.63, 3.8) is 0 Å². The molecule has 19 heavy (non-hydrogen) atoms. The summed E-state index contributed by atoms with van der Waals surface area (Å²) < 4.78 is 1.52. The molecular weight excluding hydrogens is 246 g/mol. The number of aliphatic hydroxyl groups excluding tert-OH is 1. The van der Waals surface area contributed by atoms with E-state index >= 15 is 0 Å². The van der Waals surface area contributed by atoms with E-state index in [-0.39, 0.29) is 12.1 Å². The van der Waals surface area contributed by atoms with Crippen molar-refractivity contribution in [2.24, 2.45) is 0 Å². The van der Waals surface area contributed by atoms with Gasteiger partial charge in [0.2, 0.25) is 11.9 Å². The first-order valence-electron chi connectivity index (χ1n) is 5.97. The van der Waals surface area contributed by atoms with Crippen LogP contribution < -0.4 is 10.6 Å². The van der Waals surface area contributed by atoms with Crippen LogP contribution in [0.4, 0.5) is 11.9 Å². The molecule has 2 heterocycles. The van der Waals surface area contributed by atoms with Crippen molar-refractivity contribution in [2.45, 2.75) is 19.4 Å². The Hall–Kier alpha value is -2.22. The van der Waals surface area contributed by atoms with Crippen LogP contribution in [0.1, 0.15) is 13.3 Å². The van der Waals surface area contributed by atoms with Gasteiger partial charge in [0.1, 0.15) is 0 Å². The van der Waals surface area contributed by atoms with Crippen LogP contribution in [0.15, 0.2) is 18.5 Å². The van der Waals surface area contributed by atoms with Crippen LogP contribution >= 0.6 is 0 Å². The van der Waals surface area contributed by atoms with Gasteiger partial charge >= 0.3 is 0 Å². The number of hydrogen-bond donors (Lipinski definition) is 2. The van der Waals surface area contributed by atoms with E-state index in [4.69, 9.17) is 5.73 Å². The summed E-state index contributed by atoms with van der Waals surface area (Å²) in [5.41, 5.74) is 5.68. The van der Waals surface area contributed by atoms with Crippen LogP contribution in [0.25, 0.3) is 5.95 Å². The molecular formula is C11H17N7O. The van der Waals surface area contributed by atoms with E-state index in [1.165, 1.54) is 4.68 Å². The Labute approximate surface area is 110 Å². The minimum atomic E-state index is -0.368. The summed E-state index contributed by atoms with van der Waals surface area (Å²) in [7, 11) is 1.84. The predicted molar refractivity (Wildman–Crippen MR) is 70.9 cm³/mol. The average Bonchev–Trinajstić information content (AvgIpc) is 2.89. The van der Waals surface area contributed by atoms with Crippen molar-refractivity contribution in [1.29, 1.82) is 0 Å². The Bertz CT molecular complexity index is 526. The van der Waals surface area contributed by atoms with Crippen LogP contribution in [0.2, 0.25) is 0 Å². The molecule has 102 valence electrons. The first-order chi connectivity index (χ1) is 9.06. The smallest absolute Gasteiger partial charge is 0.257 e. The molecule has 0 spiro atoms. The van der Waals surface area contributed by atoms with Crippen LogP contribution in [-0.4, -0.2) is 49.5 Å². The molecule has 0 aliphatic rings. The Morgan fingerprint density at radius 1 is 1.42 bits per heavy atom. The second kappa shape index (κ2) is 5.61. The highest BCUT2D eigenvalue weighted by molar-refractivity contribution is 5.36. The molecule has 0 saturated heterocycles. The van der Waals surface area contributed by atoms with Crippen LogP contribution in [0.5, 0.6) is 0 Å². The maximum absolute atomic E-state index is 9.29. The predicted octanol–water partition coefficient (Wildman–Crippen LogP) is -0.153. The summed E-state index contributed by atoms with van der Waals surface area (Å²) in [4.78, 5) is 14.2. The molecule has 0 radical (unpaired) electrons. The zero-order chi connectivity index (χ0) is 13.8. The average molecular weight is 263 g/mol. The highest BCUT2D eigenvalue weighted by Gasteiger charge is 2.11. The van der Waals surface area contributed by atoms with E-state index in [0.717, 1.165) is 0 Å². The first kappa shape index (κ1) is 13.2. The standard InChI is InChI=1S/C11H17N7O/c1-8(19)4-7-17(2)10-14-9(12)15-11(16-10)18-6-3-5-13-18/h3,5-6,8,19H,4,7H2,1-2H3,(H2,12,14,15,16). The SMILES string of the molecule is CC(O)CCN(C)c1nc(N)nc(-n2cccn2)n1. The second-order valence-corrected chi connectivity index (χ2v) is 4.30. The summed E-state index contributed by atoms with van der Waals surface area (Å²) in [5.74, 6) is 0.967. The molecule has 1 unspecified atom stereocenters. The molecule has 0 aliphatic carbocycles. The Kier molecular flexibility index (Phi) is 3.91. The number of rotatable bonds is 5. The van der Waals surface area contributed by atoms with Gasteiger partial charge in [-0.1, -0.05) is 0 Å². The van der Waals surface area contributed by atoms with Gasteiger partial charge in [0.05, 0.1) is 6.10 Å². The van der Waals surface area contributed by atoms with Gasteiger partial charge in [-0.15, -0.1) is 0 Å². The summed E-state index contributed by atoms with van der Waals surface area (Å²) in [6.07, 6.45) is 3.62. The molecule has 3 N–H and O–H groups in total. The maximum atomic E-state index is 9.29. The Balaban J connectivity index is 2.21. The molecule has 0 aromatic carbocycles. The summed E-state index contributed by atoms with van der Waals surface area (Å²) in [6, 6.07) is 1.77. The minimum absolute atomic E-state index is 0.138. The van der Waals surface area contributed by atoms with Gasteiger partial charge in [-0.3, -0.25) is 0 Å². The molecule has 0 saturated carbocycles. The van der Waals surface area contributed by atoms with Crippen LogP contribution in [0, 0.1) is 0 Å². The lowest BCUT2D eigenvalue weighted by atomic mass is 10.3. The normalized spacial score (nSPS) is 12.4. The lowest BCUT2D eigenvalue weighted by Gasteiger charge is -2.18. The van der Waals surface area contributed by atoms with E-state index in [9.17, 15) is 5.11 Å². The topological polar surface area (TPSA) is 106 Å². The third-order valence-electron chi connectivity index (χ3n) is 2.56. The van der Waals surface area contributed by atoms with Gasteiger partial charge in [0.15, 0.2) is 0 Å². The van der Waals surface area contributed by atoms with Crippen molar-refractivity contribution in [3.8, 4) is 5.95 Å². The fourth-order valence-corrected chi connectivity index (χ4v) is 1.51. The van der Waals surface area contributed by atoms with E-state index in [2.05, 4.69) is 20.1 Å². The molecule has 8 nitrogen and oxygen atoms in total. The number of aliphatic hydroxyl groups is 1. The van der Waals surface area contributed by atoms with Crippen molar-refractivity contribution in [2.75, 3.05) is 24.2 Å². The van der Waals surface area contributed by atoms with Gasteiger partial charge in [0.25, 0.3) is 5.95 Å². The summed E-state index contributed by atoms with van der Waals surface area (Å²) in [5, 5.41) is 13.3. The van der Waals surface area contributed by atoms with Crippen molar-refractivity contribution >= 4 is 11.9 Å². The van der Waals surface area contributed by atoms with Gasteiger partial charge in [-0.05, 0) is 19.4 Å². The van der Waals surface area contributed by atoms with Gasteiger partial charge < -0.3 is 15.7 Å². The number of nitrogens with zero attached hydrogens (tertiary/aromatic N) is 6. The molecule has 0 aliphatic heterocycles. The van der Waals surface area contributed by atoms with E-state index in [1.54, 1.807) is 25.4 Å². The Morgan fingerprint density at radius 3 is 2.84 bits per heavy atom. The maximum Gasteiger partial charge on any atom is 0.257 e. The van der Waals surface area contributed by atoms with Gasteiger partial charge in [0, 0.05) is 26.0 Å². The molecule has 0 fully saturated rings. The number of nitrogen functional groups attached to an aromatic ring is 1. The third-order valence-corrected chi connectivity index (χ3v) is 2.56. The quantitative estimate of drug-likeness (QED) is 0.772. The van der Waals surface area contributed by atoms with Crippen molar-refractivity contribution < 1.29 is 5.11 Å². The van der Waals surface area contributed by atoms with Crippen molar-refractivity contribution in [1.82, 2.24) is 24.7 Å². The lowest BCUT2D eigenvalue weighted by molar-refractivity contribution is 0.186. The molecule has 0 bridgehead atoms. The number of anilines is 2. The largest absolute Gasteiger partial charge is 0.393 e. The lowest BCUT2D eigenvalue weighted by Crippen LogP contribution is -2.25. The Morgan fingerprint density at radius 2 is 2.21 bits per heavy atom. The fraction of sp³-hybridized carbons (Fsp3) is 0.455. The fourth-order valence-electron chi connectivity index (χ4n) is 1.51. The third kappa shape index (κ3) is 3.38. The number of hydrogen-bond acceptors (Lipinski definition) is 7. The second-order valence-electron chi connectivity index (χ2n) is 4.30. The molecule has 2 aromatic heterocycles. The number of nitrogens with two attached hydrogens (primary N) is 1. The van der Waals surface area contributed by atoms with Crippen molar-refractivity contribution in [3.05, 3.63) is 18.5 Å². The monoisotopic (exact) mass is 263 g/mol. The molecule has 2 rings (SSSR count). The summed E-state index contributed by atoms with van der Waals surface area (Å²) in [6.45, 7) is 2.37. The molecule has 8 heteroatoms. The van der Waals surface area contributed by atoms with E-state index in [0.29, 0.717) is 24.9 Å². The zero-order valence-corrected chi connectivity index (χ0v) is 10.9.